The molecule has 1 nitrogen and oxygen atoms in total. The van der Waals surface area contributed by atoms with Crippen molar-refractivity contribution in [2.75, 3.05) is 0 Å². The Labute approximate surface area is 119 Å². The average Bonchev–Trinajstić information content (AvgIpc) is 2.90. The van der Waals surface area contributed by atoms with Gasteiger partial charge in [-0.1, -0.05) is 44.4 Å². The van der Waals surface area contributed by atoms with Crippen LogP contribution in [0.3, 0.4) is 0 Å². The summed E-state index contributed by atoms with van der Waals surface area (Å²) in [6.45, 7) is 2.32. The molecule has 2 heteroatoms. The molecule has 2 N–H and O–H groups in total. The third-order valence-corrected chi connectivity index (χ3v) is 5.83. The van der Waals surface area contributed by atoms with Gasteiger partial charge < -0.3 is 5.73 Å². The number of hydrogen-bond acceptors (Lipinski definition) is 2. The van der Waals surface area contributed by atoms with Crippen molar-refractivity contribution in [1.29, 1.82) is 0 Å². The predicted molar refractivity (Wildman–Crippen MR) is 84.5 cm³/mol. The lowest BCUT2D eigenvalue weighted by Gasteiger charge is -2.31. The summed E-state index contributed by atoms with van der Waals surface area (Å²) in [4.78, 5) is 0. The molecule has 1 aliphatic carbocycles. The molecule has 0 spiro atoms. The summed E-state index contributed by atoms with van der Waals surface area (Å²) in [6, 6.07) is 8.89. The fraction of sp³-hybridized carbons (Fsp3) is 0.529. The first kappa shape index (κ1) is 13.1. The zero-order valence-corrected chi connectivity index (χ0v) is 12.5. The molecule has 1 aliphatic rings. The minimum atomic E-state index is 0.231. The van der Waals surface area contributed by atoms with Gasteiger partial charge in [0.25, 0.3) is 0 Å². The molecule has 1 aromatic carbocycles. The Bertz CT molecular complexity index is 537. The average molecular weight is 273 g/mol. The molecule has 0 radical (unpaired) electrons. The molecule has 0 saturated heterocycles. The number of thiophene rings is 1. The Morgan fingerprint density at radius 2 is 1.95 bits per heavy atom. The molecule has 19 heavy (non-hydrogen) atoms. The van der Waals surface area contributed by atoms with E-state index in [0.29, 0.717) is 5.92 Å². The van der Waals surface area contributed by atoms with Crippen LogP contribution >= 0.6 is 11.3 Å². The second kappa shape index (κ2) is 5.64. The largest absolute Gasteiger partial charge is 0.324 e. The maximum atomic E-state index is 6.57. The summed E-state index contributed by atoms with van der Waals surface area (Å²) in [5.74, 6) is 1.63. The Hall–Kier alpha value is -0.860. The van der Waals surface area contributed by atoms with E-state index in [2.05, 4.69) is 36.6 Å². The van der Waals surface area contributed by atoms with Crippen molar-refractivity contribution in [3.05, 3.63) is 35.2 Å². The van der Waals surface area contributed by atoms with E-state index >= 15 is 0 Å². The van der Waals surface area contributed by atoms with Crippen LogP contribution in [-0.4, -0.2) is 0 Å². The number of rotatable bonds is 3. The second-order valence-corrected chi connectivity index (χ2v) is 6.81. The van der Waals surface area contributed by atoms with Crippen molar-refractivity contribution < 1.29 is 0 Å². The number of benzene rings is 1. The molecule has 1 heterocycles. The van der Waals surface area contributed by atoms with E-state index in [1.165, 1.54) is 47.8 Å². The molecule has 0 aliphatic heterocycles. The normalized spacial score (nSPS) is 25.6. The van der Waals surface area contributed by atoms with Crippen molar-refractivity contribution in [1.82, 2.24) is 0 Å². The molecular formula is C17H23NS. The summed E-state index contributed by atoms with van der Waals surface area (Å²) in [6.07, 6.45) is 6.70. The van der Waals surface area contributed by atoms with Crippen molar-refractivity contribution in [2.24, 2.45) is 17.6 Å². The third-order valence-electron chi connectivity index (χ3n) is 4.85. The monoisotopic (exact) mass is 273 g/mol. The van der Waals surface area contributed by atoms with Crippen molar-refractivity contribution in [3.8, 4) is 0 Å². The van der Waals surface area contributed by atoms with E-state index in [0.717, 1.165) is 5.92 Å². The predicted octanol–water partition coefficient (Wildman–Crippen LogP) is 5.12. The number of fused-ring (bicyclic) bond motifs is 1. The molecule has 102 valence electrons. The molecule has 0 bridgehead atoms. The van der Waals surface area contributed by atoms with E-state index in [-0.39, 0.29) is 6.04 Å². The van der Waals surface area contributed by atoms with Gasteiger partial charge in [-0.25, -0.2) is 0 Å². The summed E-state index contributed by atoms with van der Waals surface area (Å²) in [7, 11) is 0. The van der Waals surface area contributed by atoms with E-state index in [1.807, 2.05) is 11.3 Å². The Morgan fingerprint density at radius 1 is 1.21 bits per heavy atom. The van der Waals surface area contributed by atoms with Gasteiger partial charge in [-0.15, -0.1) is 11.3 Å². The van der Waals surface area contributed by atoms with Crippen LogP contribution in [0.15, 0.2) is 29.6 Å². The molecule has 1 atom stereocenters. The zero-order valence-electron chi connectivity index (χ0n) is 11.6. The zero-order chi connectivity index (χ0) is 13.2. The molecule has 1 unspecified atom stereocenters. The Morgan fingerprint density at radius 3 is 2.68 bits per heavy atom. The third kappa shape index (κ3) is 2.56. The lowest BCUT2D eigenvalue weighted by molar-refractivity contribution is 0.240. The Kier molecular flexibility index (Phi) is 3.90. The highest BCUT2D eigenvalue weighted by Crippen LogP contribution is 2.40. The molecule has 0 amide bonds. The summed E-state index contributed by atoms with van der Waals surface area (Å²) >= 11 is 1.83. The summed E-state index contributed by atoms with van der Waals surface area (Å²) < 4.78 is 1.37. The molecular weight excluding hydrogens is 250 g/mol. The highest BCUT2D eigenvalue weighted by Gasteiger charge is 2.26. The molecule has 1 aromatic heterocycles. The number of nitrogens with two attached hydrogens (primary N) is 1. The van der Waals surface area contributed by atoms with Crippen molar-refractivity contribution in [2.45, 2.75) is 45.1 Å². The maximum absolute atomic E-state index is 6.57. The van der Waals surface area contributed by atoms with Gasteiger partial charge in [0.1, 0.15) is 0 Å². The maximum Gasteiger partial charge on any atom is 0.0346 e. The molecule has 2 aromatic rings. The highest BCUT2D eigenvalue weighted by atomic mass is 32.1. The van der Waals surface area contributed by atoms with E-state index in [9.17, 15) is 0 Å². The van der Waals surface area contributed by atoms with Gasteiger partial charge in [0.2, 0.25) is 0 Å². The first-order valence-electron chi connectivity index (χ1n) is 7.51. The molecule has 1 saturated carbocycles. The lowest BCUT2D eigenvalue weighted by Crippen LogP contribution is -2.25. The SMILES string of the molecule is CCC1CCC(C(N)c2csc3ccccc23)CC1. The standard InChI is InChI=1S/C17H23NS/c1-2-12-7-9-13(10-8-12)17(18)15-11-19-16-6-4-3-5-14(15)16/h3-6,11-13,17H,2,7-10,18H2,1H3. The van der Waals surface area contributed by atoms with Crippen LogP contribution in [0.1, 0.15) is 50.6 Å². The van der Waals surface area contributed by atoms with Gasteiger partial charge in [-0.05, 0) is 47.1 Å². The fourth-order valence-corrected chi connectivity index (χ4v) is 4.47. The van der Waals surface area contributed by atoms with Crippen LogP contribution < -0.4 is 5.73 Å². The van der Waals surface area contributed by atoms with Gasteiger partial charge in [-0.2, -0.15) is 0 Å². The van der Waals surface area contributed by atoms with Gasteiger partial charge in [-0.3, -0.25) is 0 Å². The summed E-state index contributed by atoms with van der Waals surface area (Å²) in [5.41, 5.74) is 7.95. The van der Waals surface area contributed by atoms with Gasteiger partial charge in [0.05, 0.1) is 0 Å². The van der Waals surface area contributed by atoms with Crippen LogP contribution in [0.25, 0.3) is 10.1 Å². The van der Waals surface area contributed by atoms with Crippen molar-refractivity contribution >= 4 is 21.4 Å². The molecule has 1 fully saturated rings. The first-order valence-corrected chi connectivity index (χ1v) is 8.39. The van der Waals surface area contributed by atoms with Crippen LogP contribution in [0.5, 0.6) is 0 Å². The molecule has 3 rings (SSSR count). The highest BCUT2D eigenvalue weighted by molar-refractivity contribution is 7.17. The minimum Gasteiger partial charge on any atom is -0.324 e. The van der Waals surface area contributed by atoms with Crippen LogP contribution in [0.4, 0.5) is 0 Å². The fourth-order valence-electron chi connectivity index (χ4n) is 3.47. The smallest absolute Gasteiger partial charge is 0.0346 e. The summed E-state index contributed by atoms with van der Waals surface area (Å²) in [5, 5.41) is 3.65. The Balaban J connectivity index is 1.79. The van der Waals surface area contributed by atoms with Crippen LogP contribution in [-0.2, 0) is 0 Å². The van der Waals surface area contributed by atoms with Gasteiger partial charge in [0, 0.05) is 10.7 Å². The van der Waals surface area contributed by atoms with Crippen LogP contribution in [0, 0.1) is 11.8 Å². The quantitative estimate of drug-likeness (QED) is 0.825. The van der Waals surface area contributed by atoms with E-state index in [4.69, 9.17) is 5.73 Å². The van der Waals surface area contributed by atoms with Gasteiger partial charge >= 0.3 is 0 Å². The van der Waals surface area contributed by atoms with E-state index in [1.54, 1.807) is 0 Å². The topological polar surface area (TPSA) is 26.0 Å². The van der Waals surface area contributed by atoms with Crippen LogP contribution in [0.2, 0.25) is 0 Å². The van der Waals surface area contributed by atoms with Crippen molar-refractivity contribution in [3.63, 3.8) is 0 Å². The second-order valence-electron chi connectivity index (χ2n) is 5.90. The number of hydrogen-bond donors (Lipinski definition) is 1. The lowest BCUT2D eigenvalue weighted by atomic mass is 9.76. The minimum absolute atomic E-state index is 0.231. The van der Waals surface area contributed by atoms with E-state index < -0.39 is 0 Å². The van der Waals surface area contributed by atoms with Gasteiger partial charge in [0.15, 0.2) is 0 Å². The first-order chi connectivity index (χ1) is 9.29.